The molecule has 0 spiro atoms. The van der Waals surface area contributed by atoms with Crippen LogP contribution in [0.2, 0.25) is 0 Å². The molecule has 1 aliphatic heterocycles. The first-order valence-electron chi connectivity index (χ1n) is 8.15. The lowest BCUT2D eigenvalue weighted by Crippen LogP contribution is -2.43. The molecule has 130 valence electrons. The lowest BCUT2D eigenvalue weighted by Gasteiger charge is -2.18. The molecule has 0 aromatic heterocycles. The summed E-state index contributed by atoms with van der Waals surface area (Å²) in [7, 11) is 0. The molecule has 3 amide bonds. The highest BCUT2D eigenvalue weighted by atomic mass is 19.1. The van der Waals surface area contributed by atoms with Gasteiger partial charge in [-0.15, -0.1) is 0 Å². The number of benzene rings is 2. The topological polar surface area (TPSA) is 61.4 Å². The second-order valence-electron chi connectivity index (χ2n) is 6.29. The van der Waals surface area contributed by atoms with Crippen molar-refractivity contribution in [3.05, 3.63) is 59.4 Å². The average Bonchev–Trinajstić information content (AvgIpc) is 2.87. The summed E-state index contributed by atoms with van der Waals surface area (Å²) in [6.07, 6.45) is 0.530. The Morgan fingerprint density at radius 1 is 1.16 bits per heavy atom. The number of hydrogen-bond donors (Lipinski definition) is 2. The molecule has 1 atom stereocenters. The van der Waals surface area contributed by atoms with E-state index in [1.54, 1.807) is 11.0 Å². The molecule has 5 nitrogen and oxygen atoms in total. The van der Waals surface area contributed by atoms with Gasteiger partial charge in [-0.3, -0.25) is 4.79 Å². The molecule has 2 aromatic rings. The van der Waals surface area contributed by atoms with Crippen molar-refractivity contribution < 1.29 is 14.0 Å². The molecule has 0 unspecified atom stereocenters. The number of carbonyl (C=O) groups excluding carboxylic acids is 2. The molecule has 0 saturated carbocycles. The van der Waals surface area contributed by atoms with E-state index < -0.39 is 17.9 Å². The van der Waals surface area contributed by atoms with Gasteiger partial charge in [0.15, 0.2) is 0 Å². The van der Waals surface area contributed by atoms with Crippen molar-refractivity contribution in [3.8, 4) is 0 Å². The number of rotatable bonds is 3. The number of carbonyl (C=O) groups is 2. The molecule has 2 aromatic carbocycles. The van der Waals surface area contributed by atoms with Crippen LogP contribution in [-0.2, 0) is 4.79 Å². The summed E-state index contributed by atoms with van der Waals surface area (Å²) in [5, 5.41) is 5.20. The third-order valence-electron chi connectivity index (χ3n) is 4.11. The molecule has 1 saturated heterocycles. The number of anilines is 2. The average molecular weight is 341 g/mol. The van der Waals surface area contributed by atoms with E-state index in [2.05, 4.69) is 10.6 Å². The van der Waals surface area contributed by atoms with Crippen LogP contribution in [0.25, 0.3) is 0 Å². The summed E-state index contributed by atoms with van der Waals surface area (Å²) in [6.45, 7) is 4.52. The normalized spacial score (nSPS) is 16.8. The zero-order valence-electron chi connectivity index (χ0n) is 14.2. The molecule has 6 heteroatoms. The van der Waals surface area contributed by atoms with Gasteiger partial charge >= 0.3 is 6.03 Å². The SMILES string of the molecule is Cc1cc(C)cc(N2CC[C@H](NC(=O)Nc3cccc(F)c3)C2=O)c1. The van der Waals surface area contributed by atoms with Gasteiger partial charge in [0.2, 0.25) is 5.91 Å². The number of hydrogen-bond acceptors (Lipinski definition) is 2. The highest BCUT2D eigenvalue weighted by molar-refractivity contribution is 6.02. The molecule has 1 fully saturated rings. The minimum Gasteiger partial charge on any atom is -0.326 e. The molecule has 0 bridgehead atoms. The first-order valence-corrected chi connectivity index (χ1v) is 8.15. The first-order chi connectivity index (χ1) is 11.9. The Morgan fingerprint density at radius 3 is 2.56 bits per heavy atom. The van der Waals surface area contributed by atoms with E-state index in [4.69, 9.17) is 0 Å². The Kier molecular flexibility index (Phi) is 4.70. The summed E-state index contributed by atoms with van der Waals surface area (Å²) in [6, 6.07) is 10.5. The molecular formula is C19H20FN3O2. The molecule has 0 radical (unpaired) electrons. The van der Waals surface area contributed by atoms with Crippen LogP contribution >= 0.6 is 0 Å². The van der Waals surface area contributed by atoms with E-state index in [0.29, 0.717) is 18.7 Å². The predicted molar refractivity (Wildman–Crippen MR) is 95.2 cm³/mol. The fourth-order valence-corrected chi connectivity index (χ4v) is 3.07. The fraction of sp³-hybridized carbons (Fsp3) is 0.263. The lowest BCUT2D eigenvalue weighted by molar-refractivity contribution is -0.118. The van der Waals surface area contributed by atoms with Crippen LogP contribution < -0.4 is 15.5 Å². The van der Waals surface area contributed by atoms with E-state index in [1.807, 2.05) is 32.0 Å². The van der Waals surface area contributed by atoms with Gasteiger partial charge in [-0.25, -0.2) is 9.18 Å². The number of nitrogens with one attached hydrogen (secondary N) is 2. The Labute approximate surface area is 145 Å². The Bertz CT molecular complexity index is 802. The highest BCUT2D eigenvalue weighted by Gasteiger charge is 2.33. The van der Waals surface area contributed by atoms with Gasteiger partial charge in [0.05, 0.1) is 0 Å². The highest BCUT2D eigenvalue weighted by Crippen LogP contribution is 2.24. The van der Waals surface area contributed by atoms with E-state index in [1.165, 1.54) is 18.2 Å². The zero-order chi connectivity index (χ0) is 18.0. The maximum absolute atomic E-state index is 13.2. The number of aryl methyl sites for hydroxylation is 2. The van der Waals surface area contributed by atoms with Crippen LogP contribution in [0.3, 0.4) is 0 Å². The van der Waals surface area contributed by atoms with E-state index >= 15 is 0 Å². The van der Waals surface area contributed by atoms with Crippen LogP contribution in [0.15, 0.2) is 42.5 Å². The molecule has 2 N–H and O–H groups in total. The molecule has 3 rings (SSSR count). The quantitative estimate of drug-likeness (QED) is 0.899. The van der Waals surface area contributed by atoms with Crippen molar-refractivity contribution in [2.75, 3.05) is 16.8 Å². The van der Waals surface area contributed by atoms with Crippen molar-refractivity contribution in [2.24, 2.45) is 0 Å². The standard InChI is InChI=1S/C19H20FN3O2/c1-12-8-13(2)10-16(9-12)23-7-6-17(18(23)24)22-19(25)21-15-5-3-4-14(20)11-15/h3-5,8-11,17H,6-7H2,1-2H3,(H2,21,22,25)/t17-/m0/s1. The van der Waals surface area contributed by atoms with Gasteiger partial charge in [-0.1, -0.05) is 12.1 Å². The van der Waals surface area contributed by atoms with Gasteiger partial charge in [-0.2, -0.15) is 0 Å². The van der Waals surface area contributed by atoms with Gasteiger partial charge in [-0.05, 0) is 61.7 Å². The fourth-order valence-electron chi connectivity index (χ4n) is 3.07. The largest absolute Gasteiger partial charge is 0.326 e. The van der Waals surface area contributed by atoms with Crippen LogP contribution in [0.4, 0.5) is 20.6 Å². The number of nitrogens with zero attached hydrogens (tertiary/aromatic N) is 1. The summed E-state index contributed by atoms with van der Waals surface area (Å²) in [5.74, 6) is -0.574. The van der Waals surface area contributed by atoms with Crippen LogP contribution in [-0.4, -0.2) is 24.5 Å². The third-order valence-corrected chi connectivity index (χ3v) is 4.11. The summed E-state index contributed by atoms with van der Waals surface area (Å²) >= 11 is 0. The molecule has 0 aliphatic carbocycles. The Morgan fingerprint density at radius 2 is 1.88 bits per heavy atom. The number of urea groups is 1. The predicted octanol–water partition coefficient (Wildman–Crippen LogP) is 3.37. The van der Waals surface area contributed by atoms with Crippen LogP contribution in [0.1, 0.15) is 17.5 Å². The van der Waals surface area contributed by atoms with E-state index in [0.717, 1.165) is 16.8 Å². The van der Waals surface area contributed by atoms with Gasteiger partial charge < -0.3 is 15.5 Å². The summed E-state index contributed by atoms with van der Waals surface area (Å²) in [4.78, 5) is 26.3. The maximum atomic E-state index is 13.2. The number of halogens is 1. The minimum atomic E-state index is -0.589. The van der Waals surface area contributed by atoms with Gasteiger partial charge in [0, 0.05) is 17.9 Å². The Balaban J connectivity index is 1.64. The van der Waals surface area contributed by atoms with Crippen LogP contribution in [0, 0.1) is 19.7 Å². The van der Waals surface area contributed by atoms with E-state index in [9.17, 15) is 14.0 Å². The second-order valence-corrected chi connectivity index (χ2v) is 6.29. The minimum absolute atomic E-state index is 0.139. The number of amides is 3. The molecule has 1 heterocycles. The Hall–Kier alpha value is -2.89. The molecule has 25 heavy (non-hydrogen) atoms. The molecule has 1 aliphatic rings. The van der Waals surface area contributed by atoms with E-state index in [-0.39, 0.29) is 5.91 Å². The van der Waals surface area contributed by atoms with Crippen molar-refractivity contribution in [3.63, 3.8) is 0 Å². The maximum Gasteiger partial charge on any atom is 0.319 e. The summed E-state index contributed by atoms with van der Waals surface area (Å²) < 4.78 is 13.2. The van der Waals surface area contributed by atoms with Crippen molar-refractivity contribution in [1.29, 1.82) is 0 Å². The zero-order valence-corrected chi connectivity index (χ0v) is 14.2. The third kappa shape index (κ3) is 3.96. The first kappa shape index (κ1) is 17.0. The lowest BCUT2D eigenvalue weighted by atomic mass is 10.1. The van der Waals surface area contributed by atoms with Gasteiger partial charge in [0.1, 0.15) is 11.9 Å². The smallest absolute Gasteiger partial charge is 0.319 e. The monoisotopic (exact) mass is 341 g/mol. The van der Waals surface area contributed by atoms with Gasteiger partial charge in [0.25, 0.3) is 0 Å². The van der Waals surface area contributed by atoms with Crippen molar-refractivity contribution in [1.82, 2.24) is 5.32 Å². The van der Waals surface area contributed by atoms with Crippen LogP contribution in [0.5, 0.6) is 0 Å². The second kappa shape index (κ2) is 6.93. The summed E-state index contributed by atoms with van der Waals surface area (Å²) in [5.41, 5.74) is 3.36. The van der Waals surface area contributed by atoms with Crippen molar-refractivity contribution in [2.45, 2.75) is 26.3 Å². The molecular weight excluding hydrogens is 321 g/mol. The van der Waals surface area contributed by atoms with Crippen molar-refractivity contribution >= 4 is 23.3 Å².